The molecular weight excluding hydrogens is 266 g/mol. The fraction of sp³-hybridized carbons (Fsp3) is 0.462. The van der Waals surface area contributed by atoms with Gasteiger partial charge < -0.3 is 5.11 Å². The molecular formula is C13H19NO4S. The lowest BCUT2D eigenvalue weighted by molar-refractivity contribution is -0.139. The minimum absolute atomic E-state index is 0.0770. The molecule has 0 aliphatic rings. The first-order valence-electron chi connectivity index (χ1n) is 6.04. The van der Waals surface area contributed by atoms with Gasteiger partial charge in [-0.05, 0) is 31.4 Å². The molecule has 1 aromatic carbocycles. The van der Waals surface area contributed by atoms with E-state index >= 15 is 0 Å². The summed E-state index contributed by atoms with van der Waals surface area (Å²) in [6.45, 7) is 5.54. The third kappa shape index (κ3) is 4.65. The largest absolute Gasteiger partial charge is 0.480 e. The monoisotopic (exact) mass is 285 g/mol. The number of carboxylic acids is 1. The number of sulfonamides is 1. The molecule has 0 spiro atoms. The van der Waals surface area contributed by atoms with E-state index in [9.17, 15) is 13.2 Å². The molecule has 0 fully saturated rings. The van der Waals surface area contributed by atoms with Gasteiger partial charge in [-0.1, -0.05) is 31.5 Å². The van der Waals surface area contributed by atoms with Crippen molar-refractivity contribution in [2.45, 2.75) is 38.1 Å². The van der Waals surface area contributed by atoms with E-state index in [4.69, 9.17) is 5.11 Å². The van der Waals surface area contributed by atoms with Crippen LogP contribution in [0.1, 0.15) is 25.8 Å². The molecule has 0 bridgehead atoms. The van der Waals surface area contributed by atoms with Crippen molar-refractivity contribution in [1.82, 2.24) is 4.72 Å². The molecule has 2 N–H and O–H groups in total. The minimum atomic E-state index is -3.80. The smallest absolute Gasteiger partial charge is 0.321 e. The van der Waals surface area contributed by atoms with E-state index in [1.54, 1.807) is 12.1 Å². The number of hydrogen-bond acceptors (Lipinski definition) is 3. The average molecular weight is 285 g/mol. The molecule has 6 heteroatoms. The molecule has 0 radical (unpaired) electrons. The highest BCUT2D eigenvalue weighted by atomic mass is 32.2. The molecule has 0 aliphatic heterocycles. The normalized spacial score (nSPS) is 13.5. The van der Waals surface area contributed by atoms with Crippen LogP contribution in [0.5, 0.6) is 0 Å². The maximum Gasteiger partial charge on any atom is 0.321 e. The molecule has 0 heterocycles. The van der Waals surface area contributed by atoms with Crippen molar-refractivity contribution in [3.05, 3.63) is 29.8 Å². The maximum atomic E-state index is 12.1. The van der Waals surface area contributed by atoms with E-state index in [2.05, 4.69) is 4.72 Å². The molecule has 106 valence electrons. The molecule has 19 heavy (non-hydrogen) atoms. The summed E-state index contributed by atoms with van der Waals surface area (Å²) >= 11 is 0. The van der Waals surface area contributed by atoms with E-state index < -0.39 is 22.0 Å². The van der Waals surface area contributed by atoms with Crippen molar-refractivity contribution < 1.29 is 18.3 Å². The van der Waals surface area contributed by atoms with Gasteiger partial charge in [-0.2, -0.15) is 4.72 Å². The van der Waals surface area contributed by atoms with Gasteiger partial charge in [-0.25, -0.2) is 8.42 Å². The Morgan fingerprint density at radius 1 is 1.26 bits per heavy atom. The summed E-state index contributed by atoms with van der Waals surface area (Å²) in [4.78, 5) is 11.1. The molecule has 0 unspecified atom stereocenters. The van der Waals surface area contributed by atoms with Crippen molar-refractivity contribution >= 4 is 16.0 Å². The fourth-order valence-electron chi connectivity index (χ4n) is 1.64. The summed E-state index contributed by atoms with van der Waals surface area (Å²) in [6.07, 6.45) is 0.250. The Balaban J connectivity index is 2.94. The Morgan fingerprint density at radius 2 is 1.79 bits per heavy atom. The minimum Gasteiger partial charge on any atom is -0.480 e. The zero-order valence-electron chi connectivity index (χ0n) is 11.3. The van der Waals surface area contributed by atoms with Crippen LogP contribution >= 0.6 is 0 Å². The van der Waals surface area contributed by atoms with E-state index in [0.717, 1.165) is 5.56 Å². The number of rotatable bonds is 6. The zero-order valence-corrected chi connectivity index (χ0v) is 12.1. The molecule has 1 rings (SSSR count). The van der Waals surface area contributed by atoms with Crippen molar-refractivity contribution in [3.8, 4) is 0 Å². The third-order valence-electron chi connectivity index (χ3n) is 2.63. The van der Waals surface area contributed by atoms with Gasteiger partial charge in [0, 0.05) is 0 Å². The second-order valence-corrected chi connectivity index (χ2v) is 6.67. The maximum absolute atomic E-state index is 12.1. The number of carbonyl (C=O) groups is 1. The second-order valence-electron chi connectivity index (χ2n) is 4.95. The molecule has 0 amide bonds. The SMILES string of the molecule is Cc1ccc(S(=O)(=O)N[C@H](CC(C)C)C(=O)O)cc1. The second kappa shape index (κ2) is 6.16. The van der Waals surface area contributed by atoms with E-state index in [0.29, 0.717) is 0 Å². The average Bonchev–Trinajstić information content (AvgIpc) is 2.27. The Labute approximate surface area is 113 Å². The van der Waals surface area contributed by atoms with Crippen LogP contribution in [0.2, 0.25) is 0 Å². The third-order valence-corrected chi connectivity index (χ3v) is 4.12. The van der Waals surface area contributed by atoms with Gasteiger partial charge in [0.1, 0.15) is 6.04 Å². The first kappa shape index (κ1) is 15.7. The van der Waals surface area contributed by atoms with Gasteiger partial charge >= 0.3 is 5.97 Å². The zero-order chi connectivity index (χ0) is 14.6. The van der Waals surface area contributed by atoms with Gasteiger partial charge in [0.2, 0.25) is 10.0 Å². The van der Waals surface area contributed by atoms with E-state index in [1.165, 1.54) is 12.1 Å². The molecule has 1 atom stereocenters. The summed E-state index contributed by atoms with van der Waals surface area (Å²) in [6, 6.07) is 5.17. The van der Waals surface area contributed by atoms with Crippen LogP contribution in [-0.4, -0.2) is 25.5 Å². The molecule has 1 aromatic rings. The number of hydrogen-bond donors (Lipinski definition) is 2. The molecule has 0 saturated heterocycles. The molecule has 0 aliphatic carbocycles. The number of carboxylic acid groups (broad SMARTS) is 1. The van der Waals surface area contributed by atoms with Crippen molar-refractivity contribution in [2.75, 3.05) is 0 Å². The highest BCUT2D eigenvalue weighted by molar-refractivity contribution is 7.89. The topological polar surface area (TPSA) is 83.5 Å². The Bertz CT molecular complexity index is 534. The van der Waals surface area contributed by atoms with Crippen LogP contribution in [-0.2, 0) is 14.8 Å². The summed E-state index contributed by atoms with van der Waals surface area (Å²) in [7, 11) is -3.80. The van der Waals surface area contributed by atoms with Gasteiger partial charge in [-0.15, -0.1) is 0 Å². The van der Waals surface area contributed by atoms with Crippen LogP contribution in [0.3, 0.4) is 0 Å². The number of nitrogens with one attached hydrogen (secondary N) is 1. The molecule has 0 saturated carbocycles. The van der Waals surface area contributed by atoms with Crippen LogP contribution in [0.15, 0.2) is 29.2 Å². The van der Waals surface area contributed by atoms with Gasteiger partial charge in [0.05, 0.1) is 4.90 Å². The van der Waals surface area contributed by atoms with Crippen molar-refractivity contribution in [1.29, 1.82) is 0 Å². The van der Waals surface area contributed by atoms with Crippen molar-refractivity contribution in [2.24, 2.45) is 5.92 Å². The van der Waals surface area contributed by atoms with Gasteiger partial charge in [0.25, 0.3) is 0 Å². The highest BCUT2D eigenvalue weighted by Crippen LogP contribution is 2.13. The molecule has 5 nitrogen and oxygen atoms in total. The fourth-order valence-corrected chi connectivity index (χ4v) is 2.85. The van der Waals surface area contributed by atoms with Crippen LogP contribution in [0.25, 0.3) is 0 Å². The van der Waals surface area contributed by atoms with Gasteiger partial charge in [0.15, 0.2) is 0 Å². The standard InChI is InChI=1S/C13H19NO4S/c1-9(2)8-12(13(15)16)14-19(17,18)11-6-4-10(3)5-7-11/h4-7,9,12,14H,8H2,1-3H3,(H,15,16)/t12-/m1/s1. The predicted octanol–water partition coefficient (Wildman–Crippen LogP) is 1.77. The first-order chi connectivity index (χ1) is 8.72. The van der Waals surface area contributed by atoms with Crippen LogP contribution < -0.4 is 4.72 Å². The van der Waals surface area contributed by atoms with Crippen molar-refractivity contribution in [3.63, 3.8) is 0 Å². The summed E-state index contributed by atoms with van der Waals surface area (Å²) in [5.74, 6) is -1.08. The Morgan fingerprint density at radius 3 is 2.21 bits per heavy atom. The summed E-state index contributed by atoms with van der Waals surface area (Å²) in [5, 5.41) is 9.05. The number of benzene rings is 1. The van der Waals surface area contributed by atoms with Crippen LogP contribution in [0, 0.1) is 12.8 Å². The first-order valence-corrected chi connectivity index (χ1v) is 7.52. The lowest BCUT2D eigenvalue weighted by atomic mass is 10.1. The van der Waals surface area contributed by atoms with Gasteiger partial charge in [-0.3, -0.25) is 4.79 Å². The van der Waals surface area contributed by atoms with E-state index in [-0.39, 0.29) is 17.2 Å². The quantitative estimate of drug-likeness (QED) is 0.834. The number of aryl methyl sites for hydroxylation is 1. The lowest BCUT2D eigenvalue weighted by Crippen LogP contribution is -2.41. The predicted molar refractivity (Wildman–Crippen MR) is 72.4 cm³/mol. The Hall–Kier alpha value is -1.40. The van der Waals surface area contributed by atoms with Crippen LogP contribution in [0.4, 0.5) is 0 Å². The number of aliphatic carboxylic acids is 1. The Kier molecular flexibility index (Phi) is 5.08. The molecule has 0 aromatic heterocycles. The lowest BCUT2D eigenvalue weighted by Gasteiger charge is -2.16. The summed E-state index contributed by atoms with van der Waals surface area (Å²) in [5.41, 5.74) is 0.941. The highest BCUT2D eigenvalue weighted by Gasteiger charge is 2.25. The summed E-state index contributed by atoms with van der Waals surface area (Å²) < 4.78 is 26.4. The van der Waals surface area contributed by atoms with E-state index in [1.807, 2.05) is 20.8 Å².